The number of rotatable bonds is 3. The number of alkyl carbamates (subject to hydrolysis) is 1. The Morgan fingerprint density at radius 3 is 2.62 bits per heavy atom. The average Bonchev–Trinajstić information content (AvgIpc) is 2.48. The molecule has 4 heteroatoms. The summed E-state index contributed by atoms with van der Waals surface area (Å²) in [7, 11) is 0. The van der Waals surface area contributed by atoms with E-state index in [4.69, 9.17) is 4.74 Å². The maximum absolute atomic E-state index is 11.4. The maximum Gasteiger partial charge on any atom is 0.407 e. The fourth-order valence-electron chi connectivity index (χ4n) is 1.92. The molecule has 1 saturated heterocycles. The molecule has 1 aliphatic heterocycles. The van der Waals surface area contributed by atoms with Crippen LogP contribution in [-0.4, -0.2) is 31.3 Å². The number of nitrogens with one attached hydrogen (secondary N) is 2. The van der Waals surface area contributed by atoms with E-state index in [0.29, 0.717) is 18.4 Å². The minimum Gasteiger partial charge on any atom is -0.444 e. The Hall–Kier alpha value is -0.770. The van der Waals surface area contributed by atoms with E-state index >= 15 is 0 Å². The molecular formula is C12H24N2O2. The molecular weight excluding hydrogens is 204 g/mol. The number of carbonyl (C=O) groups is 1. The van der Waals surface area contributed by atoms with Gasteiger partial charge >= 0.3 is 6.09 Å². The number of hydrogen-bond acceptors (Lipinski definition) is 3. The molecule has 16 heavy (non-hydrogen) atoms. The van der Waals surface area contributed by atoms with Gasteiger partial charge < -0.3 is 15.4 Å². The minimum absolute atomic E-state index is 0.314. The zero-order chi connectivity index (χ0) is 12.2. The lowest BCUT2D eigenvalue weighted by Gasteiger charge is -2.20. The smallest absolute Gasteiger partial charge is 0.407 e. The second kappa shape index (κ2) is 5.53. The summed E-state index contributed by atoms with van der Waals surface area (Å²) in [6.45, 7) is 10.7. The van der Waals surface area contributed by atoms with Crippen LogP contribution in [0.2, 0.25) is 0 Å². The van der Waals surface area contributed by atoms with Crippen LogP contribution in [0.5, 0.6) is 0 Å². The van der Waals surface area contributed by atoms with Crippen molar-refractivity contribution >= 4 is 6.09 Å². The summed E-state index contributed by atoms with van der Waals surface area (Å²) in [6.07, 6.45) is 0.707. The van der Waals surface area contributed by atoms with Crippen LogP contribution in [0.15, 0.2) is 0 Å². The highest BCUT2D eigenvalue weighted by Gasteiger charge is 2.23. The molecule has 0 radical (unpaired) electrons. The Bertz CT molecular complexity index is 236. The van der Waals surface area contributed by atoms with E-state index in [1.165, 1.54) is 0 Å². The van der Waals surface area contributed by atoms with E-state index in [0.717, 1.165) is 19.5 Å². The van der Waals surface area contributed by atoms with Crippen LogP contribution < -0.4 is 10.6 Å². The number of hydrogen-bond donors (Lipinski definition) is 2. The quantitative estimate of drug-likeness (QED) is 0.774. The standard InChI is InChI=1S/C12H24N2O2/c1-9-7-13-8-10(9)5-6-14-11(15)16-12(2,3)4/h9-10,13H,5-8H2,1-4H3,(H,14,15). The summed E-state index contributed by atoms with van der Waals surface area (Å²) in [5.74, 6) is 1.38. The first kappa shape index (κ1) is 13.3. The van der Waals surface area contributed by atoms with Gasteiger partial charge in [-0.2, -0.15) is 0 Å². The summed E-state index contributed by atoms with van der Waals surface area (Å²) < 4.78 is 5.16. The molecule has 2 atom stereocenters. The van der Waals surface area contributed by atoms with Crippen LogP contribution in [0, 0.1) is 11.8 Å². The van der Waals surface area contributed by atoms with E-state index in [1.807, 2.05) is 20.8 Å². The fraction of sp³-hybridized carbons (Fsp3) is 0.917. The van der Waals surface area contributed by atoms with Crippen molar-refractivity contribution in [2.24, 2.45) is 11.8 Å². The zero-order valence-electron chi connectivity index (χ0n) is 10.8. The Balaban J connectivity index is 2.13. The third-order valence-corrected chi connectivity index (χ3v) is 2.86. The Labute approximate surface area is 98.1 Å². The maximum atomic E-state index is 11.4. The monoisotopic (exact) mass is 228 g/mol. The second-order valence-electron chi connectivity index (χ2n) is 5.61. The summed E-state index contributed by atoms with van der Waals surface area (Å²) in [5, 5.41) is 6.15. The van der Waals surface area contributed by atoms with Gasteiger partial charge in [-0.05, 0) is 52.1 Å². The SMILES string of the molecule is CC1CNCC1CCNC(=O)OC(C)(C)C. The first-order valence-corrected chi connectivity index (χ1v) is 6.06. The lowest BCUT2D eigenvalue weighted by atomic mass is 9.95. The molecule has 0 bridgehead atoms. The zero-order valence-corrected chi connectivity index (χ0v) is 10.8. The molecule has 1 fully saturated rings. The van der Waals surface area contributed by atoms with Gasteiger partial charge in [0.2, 0.25) is 0 Å². The predicted octanol–water partition coefficient (Wildman–Crippen LogP) is 1.76. The lowest BCUT2D eigenvalue weighted by molar-refractivity contribution is 0.0524. The molecule has 0 aromatic carbocycles. The molecule has 1 rings (SSSR count). The van der Waals surface area contributed by atoms with Crippen LogP contribution in [0.25, 0.3) is 0 Å². The Morgan fingerprint density at radius 1 is 1.44 bits per heavy atom. The molecule has 0 saturated carbocycles. The van der Waals surface area contributed by atoms with Crippen molar-refractivity contribution in [3.05, 3.63) is 0 Å². The van der Waals surface area contributed by atoms with Gasteiger partial charge in [0.1, 0.15) is 5.60 Å². The van der Waals surface area contributed by atoms with Gasteiger partial charge in [0.05, 0.1) is 0 Å². The average molecular weight is 228 g/mol. The molecule has 2 N–H and O–H groups in total. The van der Waals surface area contributed by atoms with Crippen LogP contribution in [0.4, 0.5) is 4.79 Å². The molecule has 0 aromatic heterocycles. The highest BCUT2D eigenvalue weighted by atomic mass is 16.6. The van der Waals surface area contributed by atoms with Crippen molar-refractivity contribution in [2.75, 3.05) is 19.6 Å². The normalized spacial score (nSPS) is 25.5. The van der Waals surface area contributed by atoms with Gasteiger partial charge in [-0.25, -0.2) is 4.79 Å². The molecule has 1 heterocycles. The number of carbonyl (C=O) groups excluding carboxylic acids is 1. The van der Waals surface area contributed by atoms with Gasteiger partial charge in [-0.3, -0.25) is 0 Å². The molecule has 2 unspecified atom stereocenters. The van der Waals surface area contributed by atoms with Crippen LogP contribution >= 0.6 is 0 Å². The van der Waals surface area contributed by atoms with Crippen molar-refractivity contribution in [1.82, 2.24) is 10.6 Å². The van der Waals surface area contributed by atoms with E-state index in [1.54, 1.807) is 0 Å². The van der Waals surface area contributed by atoms with Crippen LogP contribution in [0.3, 0.4) is 0 Å². The van der Waals surface area contributed by atoms with Gasteiger partial charge in [0.15, 0.2) is 0 Å². The van der Waals surface area contributed by atoms with Crippen molar-refractivity contribution < 1.29 is 9.53 Å². The first-order chi connectivity index (χ1) is 7.38. The molecule has 1 aliphatic rings. The van der Waals surface area contributed by atoms with E-state index in [2.05, 4.69) is 17.6 Å². The van der Waals surface area contributed by atoms with Gasteiger partial charge in [0, 0.05) is 6.54 Å². The van der Waals surface area contributed by atoms with E-state index < -0.39 is 5.60 Å². The Morgan fingerprint density at radius 2 is 2.12 bits per heavy atom. The van der Waals surface area contributed by atoms with Crippen LogP contribution in [-0.2, 0) is 4.74 Å². The second-order valence-corrected chi connectivity index (χ2v) is 5.61. The highest BCUT2D eigenvalue weighted by Crippen LogP contribution is 2.18. The van der Waals surface area contributed by atoms with E-state index in [-0.39, 0.29) is 6.09 Å². The van der Waals surface area contributed by atoms with Gasteiger partial charge in [0.25, 0.3) is 0 Å². The molecule has 0 aromatic rings. The fourth-order valence-corrected chi connectivity index (χ4v) is 1.92. The van der Waals surface area contributed by atoms with Crippen LogP contribution in [0.1, 0.15) is 34.1 Å². The molecule has 4 nitrogen and oxygen atoms in total. The van der Waals surface area contributed by atoms with Crippen molar-refractivity contribution in [2.45, 2.75) is 39.7 Å². The minimum atomic E-state index is -0.410. The predicted molar refractivity (Wildman–Crippen MR) is 64.4 cm³/mol. The molecule has 0 aliphatic carbocycles. The topological polar surface area (TPSA) is 50.4 Å². The Kier molecular flexibility index (Phi) is 4.59. The van der Waals surface area contributed by atoms with Gasteiger partial charge in [-0.15, -0.1) is 0 Å². The molecule has 1 amide bonds. The largest absolute Gasteiger partial charge is 0.444 e. The van der Waals surface area contributed by atoms with Crippen molar-refractivity contribution in [3.8, 4) is 0 Å². The van der Waals surface area contributed by atoms with Crippen molar-refractivity contribution in [3.63, 3.8) is 0 Å². The molecule has 0 spiro atoms. The summed E-state index contributed by atoms with van der Waals surface area (Å²) in [4.78, 5) is 11.4. The third kappa shape index (κ3) is 4.84. The van der Waals surface area contributed by atoms with E-state index in [9.17, 15) is 4.79 Å². The lowest BCUT2D eigenvalue weighted by Crippen LogP contribution is -2.34. The first-order valence-electron chi connectivity index (χ1n) is 6.06. The highest BCUT2D eigenvalue weighted by molar-refractivity contribution is 5.67. The molecule has 94 valence electrons. The van der Waals surface area contributed by atoms with Gasteiger partial charge in [-0.1, -0.05) is 6.92 Å². The summed E-state index contributed by atoms with van der Waals surface area (Å²) in [5.41, 5.74) is -0.410. The van der Waals surface area contributed by atoms with Crippen molar-refractivity contribution in [1.29, 1.82) is 0 Å². The third-order valence-electron chi connectivity index (χ3n) is 2.86. The number of amides is 1. The summed E-state index contributed by atoms with van der Waals surface area (Å²) >= 11 is 0. The number of ether oxygens (including phenoxy) is 1. The summed E-state index contributed by atoms with van der Waals surface area (Å²) in [6, 6.07) is 0.